The van der Waals surface area contributed by atoms with E-state index >= 15 is 0 Å². The molecule has 92 valence electrons. The molecule has 1 aliphatic carbocycles. The summed E-state index contributed by atoms with van der Waals surface area (Å²) in [7, 11) is 0. The number of hydrogen-bond acceptors (Lipinski definition) is 4. The fraction of sp³-hybridized carbons (Fsp3) is 0.500. The second-order valence-electron chi connectivity index (χ2n) is 4.19. The van der Waals surface area contributed by atoms with Crippen molar-refractivity contribution in [1.29, 1.82) is 0 Å². The third-order valence-electron chi connectivity index (χ3n) is 3.02. The number of nitrogens with one attached hydrogen (secondary N) is 1. The molecule has 0 aliphatic heterocycles. The summed E-state index contributed by atoms with van der Waals surface area (Å²) >= 11 is 1.90. The molecule has 5 heteroatoms. The first kappa shape index (κ1) is 12.4. The summed E-state index contributed by atoms with van der Waals surface area (Å²) in [4.78, 5) is 15.8. The van der Waals surface area contributed by atoms with Crippen molar-refractivity contribution >= 4 is 17.7 Å². The van der Waals surface area contributed by atoms with Crippen molar-refractivity contribution in [1.82, 2.24) is 10.4 Å². The summed E-state index contributed by atoms with van der Waals surface area (Å²) in [6.45, 7) is 0. The van der Waals surface area contributed by atoms with Gasteiger partial charge in [-0.3, -0.25) is 15.2 Å². The van der Waals surface area contributed by atoms with Crippen LogP contribution < -0.4 is 11.3 Å². The minimum absolute atomic E-state index is 0.264. The fourth-order valence-electron chi connectivity index (χ4n) is 2.09. The number of pyridine rings is 1. The lowest BCUT2D eigenvalue weighted by Gasteiger charge is -2.10. The van der Waals surface area contributed by atoms with E-state index < -0.39 is 0 Å². The minimum atomic E-state index is -0.264. The number of hydrogen-bond donors (Lipinski definition) is 2. The molecule has 17 heavy (non-hydrogen) atoms. The molecule has 3 N–H and O–H groups in total. The first-order chi connectivity index (χ1) is 8.31. The molecule has 1 saturated carbocycles. The van der Waals surface area contributed by atoms with Crippen LogP contribution in [-0.4, -0.2) is 16.1 Å². The summed E-state index contributed by atoms with van der Waals surface area (Å²) < 4.78 is 0. The van der Waals surface area contributed by atoms with Gasteiger partial charge in [-0.05, 0) is 25.0 Å². The zero-order valence-electron chi connectivity index (χ0n) is 9.69. The van der Waals surface area contributed by atoms with E-state index in [1.165, 1.54) is 25.7 Å². The highest BCUT2D eigenvalue weighted by atomic mass is 32.2. The largest absolute Gasteiger partial charge is 0.290 e. The molecule has 1 aliphatic rings. The molecule has 1 heterocycles. The van der Waals surface area contributed by atoms with Gasteiger partial charge in [0.1, 0.15) is 0 Å². The first-order valence-corrected chi connectivity index (χ1v) is 6.92. The van der Waals surface area contributed by atoms with Gasteiger partial charge in [0.2, 0.25) is 0 Å². The monoisotopic (exact) mass is 251 g/mol. The minimum Gasteiger partial charge on any atom is -0.290 e. The highest BCUT2D eigenvalue weighted by Crippen LogP contribution is 2.31. The van der Waals surface area contributed by atoms with Crippen LogP contribution in [0.4, 0.5) is 0 Å². The molecule has 2 rings (SSSR count). The Labute approximate surface area is 105 Å². The van der Waals surface area contributed by atoms with E-state index in [1.807, 2.05) is 11.8 Å². The van der Waals surface area contributed by atoms with Crippen LogP contribution in [0, 0.1) is 0 Å². The summed E-state index contributed by atoms with van der Waals surface area (Å²) in [5.41, 5.74) is 3.57. The van der Waals surface area contributed by atoms with Crippen LogP contribution in [0.1, 0.15) is 41.7 Å². The van der Waals surface area contributed by atoms with Crippen molar-refractivity contribution in [2.75, 3.05) is 0 Å². The van der Waals surface area contributed by atoms with Gasteiger partial charge in [-0.2, -0.15) is 11.8 Å². The van der Waals surface area contributed by atoms with Crippen LogP contribution in [0.5, 0.6) is 0 Å². The lowest BCUT2D eigenvalue weighted by atomic mass is 10.2. The summed E-state index contributed by atoms with van der Waals surface area (Å²) in [5.74, 6) is 5.68. The van der Waals surface area contributed by atoms with Gasteiger partial charge in [-0.25, -0.2) is 5.84 Å². The molecule has 4 nitrogen and oxygen atoms in total. The lowest BCUT2D eigenvalue weighted by molar-refractivity contribution is 0.0952. The Morgan fingerprint density at radius 1 is 1.53 bits per heavy atom. The molecule has 1 amide bonds. The van der Waals surface area contributed by atoms with E-state index in [0.29, 0.717) is 5.56 Å². The fourth-order valence-corrected chi connectivity index (χ4v) is 3.38. The molecule has 1 fully saturated rings. The molecular weight excluding hydrogens is 234 g/mol. The van der Waals surface area contributed by atoms with E-state index in [2.05, 4.69) is 10.4 Å². The van der Waals surface area contributed by atoms with Crippen LogP contribution in [0.3, 0.4) is 0 Å². The molecule has 0 atom stereocenters. The van der Waals surface area contributed by atoms with Gasteiger partial charge < -0.3 is 0 Å². The number of hydrazine groups is 1. The lowest BCUT2D eigenvalue weighted by Crippen LogP contribution is -2.31. The van der Waals surface area contributed by atoms with Gasteiger partial charge >= 0.3 is 0 Å². The number of amides is 1. The van der Waals surface area contributed by atoms with E-state index in [4.69, 9.17) is 5.84 Å². The maximum absolute atomic E-state index is 11.5. The van der Waals surface area contributed by atoms with Crippen molar-refractivity contribution < 1.29 is 4.79 Å². The van der Waals surface area contributed by atoms with Crippen LogP contribution in [-0.2, 0) is 5.75 Å². The van der Waals surface area contributed by atoms with Gasteiger partial charge in [0, 0.05) is 17.2 Å². The van der Waals surface area contributed by atoms with Crippen LogP contribution in [0.2, 0.25) is 0 Å². The third kappa shape index (κ3) is 3.20. The number of aromatic nitrogens is 1. The average Bonchev–Trinajstić information content (AvgIpc) is 2.89. The summed E-state index contributed by atoms with van der Waals surface area (Å²) in [6, 6.07) is 3.52. The molecule has 1 aromatic rings. The molecule has 0 saturated heterocycles. The Morgan fingerprint density at radius 3 is 3.00 bits per heavy atom. The van der Waals surface area contributed by atoms with E-state index in [1.54, 1.807) is 18.3 Å². The topological polar surface area (TPSA) is 68.0 Å². The predicted molar refractivity (Wildman–Crippen MR) is 69.4 cm³/mol. The maximum Gasteiger partial charge on any atom is 0.267 e. The number of nitrogens with two attached hydrogens (primary N) is 1. The Morgan fingerprint density at radius 2 is 2.29 bits per heavy atom. The van der Waals surface area contributed by atoms with Crippen LogP contribution in [0.25, 0.3) is 0 Å². The zero-order chi connectivity index (χ0) is 12.1. The number of carbonyl (C=O) groups excluding carboxylic acids is 1. The van der Waals surface area contributed by atoms with Gasteiger partial charge in [-0.15, -0.1) is 0 Å². The van der Waals surface area contributed by atoms with E-state index in [9.17, 15) is 4.79 Å². The molecule has 0 aromatic carbocycles. The van der Waals surface area contributed by atoms with E-state index in [-0.39, 0.29) is 5.91 Å². The van der Waals surface area contributed by atoms with Crippen molar-refractivity contribution in [3.05, 3.63) is 29.6 Å². The number of rotatable bonds is 4. The smallest absolute Gasteiger partial charge is 0.267 e. The van der Waals surface area contributed by atoms with Crippen LogP contribution in [0.15, 0.2) is 18.3 Å². The Kier molecular flexibility index (Phi) is 4.39. The third-order valence-corrected chi connectivity index (χ3v) is 4.41. The molecule has 0 spiro atoms. The maximum atomic E-state index is 11.5. The Hall–Kier alpha value is -1.07. The normalized spacial score (nSPS) is 16.1. The Balaban J connectivity index is 2.01. The van der Waals surface area contributed by atoms with Crippen molar-refractivity contribution in [3.63, 3.8) is 0 Å². The van der Waals surface area contributed by atoms with Gasteiger partial charge in [0.15, 0.2) is 0 Å². The molecular formula is C12H17N3OS. The second kappa shape index (κ2) is 6.02. The van der Waals surface area contributed by atoms with Crippen molar-refractivity contribution in [3.8, 4) is 0 Å². The number of nitrogen functional groups attached to an aromatic ring is 1. The highest BCUT2D eigenvalue weighted by molar-refractivity contribution is 7.99. The number of thioether (sulfide) groups is 1. The molecule has 0 unspecified atom stereocenters. The molecule has 0 bridgehead atoms. The van der Waals surface area contributed by atoms with Gasteiger partial charge in [-0.1, -0.05) is 12.8 Å². The standard InChI is InChI=1S/C12H17N3OS/c13-15-12(16)10-6-3-7-14-11(10)8-17-9-4-1-2-5-9/h3,6-7,9H,1-2,4-5,8,13H2,(H,15,16). The first-order valence-electron chi connectivity index (χ1n) is 5.87. The van der Waals surface area contributed by atoms with Crippen molar-refractivity contribution in [2.45, 2.75) is 36.7 Å². The molecule has 0 radical (unpaired) electrons. The highest BCUT2D eigenvalue weighted by Gasteiger charge is 2.17. The molecule has 1 aromatic heterocycles. The average molecular weight is 251 g/mol. The summed E-state index contributed by atoms with van der Waals surface area (Å²) in [5, 5.41) is 0.728. The number of nitrogens with zero attached hydrogens (tertiary/aromatic N) is 1. The Bertz CT molecular complexity index is 391. The quantitative estimate of drug-likeness (QED) is 0.487. The van der Waals surface area contributed by atoms with Crippen molar-refractivity contribution in [2.24, 2.45) is 5.84 Å². The summed E-state index contributed by atoms with van der Waals surface area (Å²) in [6.07, 6.45) is 6.95. The second-order valence-corrected chi connectivity index (χ2v) is 5.48. The van der Waals surface area contributed by atoms with Gasteiger partial charge in [0.05, 0.1) is 11.3 Å². The van der Waals surface area contributed by atoms with Gasteiger partial charge in [0.25, 0.3) is 5.91 Å². The van der Waals surface area contributed by atoms with Crippen LogP contribution >= 0.6 is 11.8 Å². The zero-order valence-corrected chi connectivity index (χ0v) is 10.5. The number of carbonyl (C=O) groups is 1. The van der Waals surface area contributed by atoms with E-state index in [0.717, 1.165) is 16.7 Å². The predicted octanol–water partition coefficient (Wildman–Crippen LogP) is 1.86. The SMILES string of the molecule is NNC(=O)c1cccnc1CSC1CCCC1.